The minimum Gasteiger partial charge on any atom is -0.471 e. The lowest BCUT2D eigenvalue weighted by atomic mass is 10.0. The van der Waals surface area contributed by atoms with E-state index in [1.807, 2.05) is 29.7 Å². The second-order valence-electron chi connectivity index (χ2n) is 15.6. The van der Waals surface area contributed by atoms with Crippen molar-refractivity contribution < 1.29 is 37.1 Å². The van der Waals surface area contributed by atoms with Crippen molar-refractivity contribution in [3.8, 4) is 0 Å². The zero-order chi connectivity index (χ0) is 38.3. The van der Waals surface area contributed by atoms with Crippen molar-refractivity contribution in [2.45, 2.75) is 131 Å². The molecule has 0 bridgehead atoms. The van der Waals surface area contributed by atoms with Crippen molar-refractivity contribution in [3.63, 3.8) is 0 Å². The standard InChI is InChI=1S/C37H48N8O8S2/c1-44-31-27(20-38-44)39-30(29-14-9-17-54-29)33(41-31)52-24-18-28-32(46)42-37(35(48)43-55(50,51)25-15-16-25)19-22(37)10-5-3-2-4-6-13-26(34(47)45(28)21-24)40-36(49)53-23-11-7-8-12-23/h5,9-10,14,17,20,22-28,31H,2-4,6-8,11-13,15-16,18-19,21H2,1H3,(H,40,49)(H,42,46)(H,43,48)/b10-5-/t22?,24-,26+,27?,28+,31?,37-/m1/s1. The van der Waals surface area contributed by atoms with E-state index in [-0.39, 0.29) is 37.4 Å². The number of nitrogens with zero attached hydrogens (tertiary/aromatic N) is 5. The SMILES string of the molecule is CN1N=CC2N=C(c3cccs3)C(O[C@@H]3C[C@H]4C(=O)N[C@]5(C(=O)NS(=O)(=O)C6CC6)CC5/C=C\CCCCC[C@H](NC(=O)OC5CCCC5)C(=O)N4C3)=NC21. The van der Waals surface area contributed by atoms with Gasteiger partial charge in [-0.1, -0.05) is 31.1 Å². The third-order valence-electron chi connectivity index (χ3n) is 11.6. The van der Waals surface area contributed by atoms with E-state index in [1.165, 1.54) is 16.2 Å². The number of alkyl carbamates (subject to hydrolysis) is 1. The number of carbonyl (C=O) groups excluding carboxylic acids is 4. The van der Waals surface area contributed by atoms with E-state index < -0.39 is 74.9 Å². The van der Waals surface area contributed by atoms with Crippen LogP contribution in [-0.4, -0.2) is 121 Å². The maximum absolute atomic E-state index is 14.6. The smallest absolute Gasteiger partial charge is 0.408 e. The molecule has 0 spiro atoms. The van der Waals surface area contributed by atoms with Gasteiger partial charge in [0.05, 0.1) is 22.9 Å². The fraction of sp³-hybridized carbons (Fsp3) is 0.649. The zero-order valence-electron chi connectivity index (χ0n) is 30.8. The van der Waals surface area contributed by atoms with Crippen LogP contribution in [0.4, 0.5) is 4.79 Å². The Labute approximate surface area is 324 Å². The molecule has 3 aliphatic carbocycles. The summed E-state index contributed by atoms with van der Waals surface area (Å²) in [5, 5.41) is 13.1. The Morgan fingerprint density at radius 1 is 1.04 bits per heavy atom. The Bertz CT molecular complexity index is 1910. The van der Waals surface area contributed by atoms with Gasteiger partial charge in [0.15, 0.2) is 6.17 Å². The molecule has 3 saturated carbocycles. The number of ether oxygens (including phenoxy) is 2. The molecule has 55 heavy (non-hydrogen) atoms. The van der Waals surface area contributed by atoms with E-state index in [2.05, 4.69) is 20.5 Å². The van der Waals surface area contributed by atoms with Crippen LogP contribution in [-0.2, 0) is 33.9 Å². The first kappa shape index (κ1) is 37.6. The highest BCUT2D eigenvalue weighted by Gasteiger charge is 2.62. The van der Waals surface area contributed by atoms with Gasteiger partial charge in [0.1, 0.15) is 41.6 Å². The Hall–Kier alpha value is -4.32. The third-order valence-corrected chi connectivity index (χ3v) is 14.3. The van der Waals surface area contributed by atoms with Gasteiger partial charge in [-0.25, -0.2) is 18.2 Å². The molecule has 0 radical (unpaired) electrons. The van der Waals surface area contributed by atoms with Gasteiger partial charge in [0, 0.05) is 19.4 Å². The molecule has 7 atom stereocenters. The van der Waals surface area contributed by atoms with Crippen LogP contribution >= 0.6 is 11.3 Å². The summed E-state index contributed by atoms with van der Waals surface area (Å²) in [4.78, 5) is 68.1. The van der Waals surface area contributed by atoms with Crippen molar-refractivity contribution >= 4 is 63.0 Å². The predicted molar refractivity (Wildman–Crippen MR) is 204 cm³/mol. The molecule has 1 saturated heterocycles. The summed E-state index contributed by atoms with van der Waals surface area (Å²) < 4.78 is 40.3. The number of sulfonamides is 1. The molecule has 0 aromatic carbocycles. The molecule has 4 aliphatic heterocycles. The topological polar surface area (TPSA) is 201 Å². The van der Waals surface area contributed by atoms with Gasteiger partial charge < -0.3 is 25.0 Å². The minimum absolute atomic E-state index is 0.0114. The fourth-order valence-corrected chi connectivity index (χ4v) is 10.3. The van der Waals surface area contributed by atoms with E-state index in [0.717, 1.165) is 43.4 Å². The summed E-state index contributed by atoms with van der Waals surface area (Å²) in [6.45, 7) is -0.0114. The lowest BCUT2D eigenvalue weighted by Gasteiger charge is -2.30. The van der Waals surface area contributed by atoms with Crippen LogP contribution in [0, 0.1) is 5.92 Å². The Morgan fingerprint density at radius 3 is 2.60 bits per heavy atom. The molecular formula is C37H48N8O8S2. The number of hydrazone groups is 1. The first-order valence-electron chi connectivity index (χ1n) is 19.5. The second kappa shape index (κ2) is 15.3. The fourth-order valence-electron chi connectivity index (χ4n) is 8.19. The number of hydrogen-bond donors (Lipinski definition) is 3. The molecule has 3 unspecified atom stereocenters. The summed E-state index contributed by atoms with van der Waals surface area (Å²) in [6.07, 6.45) is 11.5. The van der Waals surface area contributed by atoms with Crippen molar-refractivity contribution in [1.29, 1.82) is 0 Å². The molecule has 1 aromatic rings. The number of fused-ring (bicyclic) bond motifs is 3. The minimum atomic E-state index is -3.89. The number of aliphatic imine (C=N–C) groups is 2. The summed E-state index contributed by atoms with van der Waals surface area (Å²) >= 11 is 1.48. The van der Waals surface area contributed by atoms with Gasteiger partial charge in [0.25, 0.3) is 5.91 Å². The number of amides is 4. The number of carbonyl (C=O) groups is 4. The quantitative estimate of drug-likeness (QED) is 0.347. The molecular weight excluding hydrogens is 749 g/mol. The number of allylic oxidation sites excluding steroid dienone is 1. The van der Waals surface area contributed by atoms with Crippen LogP contribution in [0.5, 0.6) is 0 Å². The van der Waals surface area contributed by atoms with E-state index in [4.69, 9.17) is 19.5 Å². The monoisotopic (exact) mass is 796 g/mol. The van der Waals surface area contributed by atoms with Crippen LogP contribution in [0.3, 0.4) is 0 Å². The van der Waals surface area contributed by atoms with Crippen LogP contribution in [0.2, 0.25) is 0 Å². The molecule has 5 heterocycles. The van der Waals surface area contributed by atoms with Gasteiger partial charge in [-0.2, -0.15) is 5.10 Å². The average molecular weight is 797 g/mol. The number of nitrogens with one attached hydrogen (secondary N) is 3. The normalized spacial score (nSPS) is 33.2. The van der Waals surface area contributed by atoms with Crippen molar-refractivity contribution in [2.75, 3.05) is 13.6 Å². The molecule has 3 N–H and O–H groups in total. The molecule has 1 aromatic heterocycles. The number of rotatable bonds is 7. The summed E-state index contributed by atoms with van der Waals surface area (Å²) in [5.74, 6) is -2.02. The van der Waals surface area contributed by atoms with Crippen molar-refractivity contribution in [2.24, 2.45) is 21.0 Å². The average Bonchev–Trinajstić information content (AvgIpc) is 3.78. The largest absolute Gasteiger partial charge is 0.471 e. The number of likely N-dealkylation sites (N-methyl/N-ethyl adjacent to an activating group) is 1. The van der Waals surface area contributed by atoms with Crippen LogP contribution in [0.15, 0.2) is 44.8 Å². The van der Waals surface area contributed by atoms with Gasteiger partial charge in [-0.3, -0.25) is 29.1 Å². The third kappa shape index (κ3) is 8.02. The Balaban J connectivity index is 1.08. The Kier molecular flexibility index (Phi) is 10.5. The highest BCUT2D eigenvalue weighted by atomic mass is 32.2. The lowest BCUT2D eigenvalue weighted by molar-refractivity contribution is -0.141. The first-order valence-corrected chi connectivity index (χ1v) is 21.9. The number of thiophene rings is 1. The van der Waals surface area contributed by atoms with E-state index >= 15 is 0 Å². The van der Waals surface area contributed by atoms with Gasteiger partial charge in [-0.05, 0) is 75.7 Å². The van der Waals surface area contributed by atoms with E-state index in [0.29, 0.717) is 37.8 Å². The Morgan fingerprint density at radius 2 is 1.84 bits per heavy atom. The van der Waals surface area contributed by atoms with Crippen LogP contribution in [0.25, 0.3) is 0 Å². The van der Waals surface area contributed by atoms with E-state index in [1.54, 1.807) is 18.3 Å². The molecule has 7 aliphatic rings. The molecule has 4 fully saturated rings. The molecule has 8 rings (SSSR count). The summed E-state index contributed by atoms with van der Waals surface area (Å²) in [6, 6.07) is 1.44. The van der Waals surface area contributed by atoms with E-state index in [9.17, 15) is 27.6 Å². The molecule has 18 heteroatoms. The maximum atomic E-state index is 14.6. The lowest BCUT2D eigenvalue weighted by Crippen LogP contribution is -2.58. The molecule has 4 amide bonds. The summed E-state index contributed by atoms with van der Waals surface area (Å²) in [7, 11) is -2.09. The van der Waals surface area contributed by atoms with Crippen LogP contribution in [0.1, 0.15) is 88.3 Å². The van der Waals surface area contributed by atoms with Crippen LogP contribution < -0.4 is 15.4 Å². The zero-order valence-corrected chi connectivity index (χ0v) is 32.4. The van der Waals surface area contributed by atoms with Crippen molar-refractivity contribution in [1.82, 2.24) is 25.3 Å². The van der Waals surface area contributed by atoms with Gasteiger partial charge in [0.2, 0.25) is 27.7 Å². The maximum Gasteiger partial charge on any atom is 0.408 e. The summed E-state index contributed by atoms with van der Waals surface area (Å²) in [5.41, 5.74) is -0.951. The van der Waals surface area contributed by atoms with Gasteiger partial charge >= 0.3 is 6.09 Å². The first-order chi connectivity index (χ1) is 26.5. The highest BCUT2D eigenvalue weighted by molar-refractivity contribution is 7.91. The predicted octanol–water partition coefficient (Wildman–Crippen LogP) is 2.60. The van der Waals surface area contributed by atoms with Gasteiger partial charge in [-0.15, -0.1) is 11.3 Å². The second-order valence-corrected chi connectivity index (χ2v) is 18.5. The molecule has 296 valence electrons. The highest BCUT2D eigenvalue weighted by Crippen LogP contribution is 2.46. The van der Waals surface area contributed by atoms with Crippen molar-refractivity contribution in [3.05, 3.63) is 34.5 Å². The number of hydrogen-bond acceptors (Lipinski definition) is 13. The molecule has 16 nitrogen and oxygen atoms in total.